The summed E-state index contributed by atoms with van der Waals surface area (Å²) in [5.41, 5.74) is 8.34. The van der Waals surface area contributed by atoms with Gasteiger partial charge in [0.15, 0.2) is 0 Å². The van der Waals surface area contributed by atoms with Crippen molar-refractivity contribution in [3.8, 4) is 0 Å². The third-order valence-corrected chi connectivity index (χ3v) is 5.69. The molecule has 3 aromatic rings. The minimum Gasteiger partial charge on any atom is -0.277 e. The lowest BCUT2D eigenvalue weighted by Crippen LogP contribution is -2.42. The van der Waals surface area contributed by atoms with Crippen LogP contribution < -0.4 is 9.88 Å². The Morgan fingerprint density at radius 2 is 1.73 bits per heavy atom. The van der Waals surface area contributed by atoms with Gasteiger partial charge in [0, 0.05) is 6.42 Å². The Labute approximate surface area is 156 Å². The number of aryl methyl sites for hydroxylation is 3. The Balaban J connectivity index is 1.80. The molecule has 0 spiro atoms. The molecular formula is C23H30N3+. The molecule has 0 saturated heterocycles. The number of nitrogens with zero attached hydrogens (tertiary/aromatic N) is 2. The number of aromatic nitrogens is 2. The van der Waals surface area contributed by atoms with Crippen molar-refractivity contribution < 1.29 is 4.57 Å². The highest BCUT2D eigenvalue weighted by atomic mass is 15.3. The smallest absolute Gasteiger partial charge is 0.277 e. The number of rotatable bonds is 2. The molecule has 0 bridgehead atoms. The third kappa shape index (κ3) is 2.90. The molecule has 1 N–H and O–H groups in total. The summed E-state index contributed by atoms with van der Waals surface area (Å²) in [5.74, 6) is 1.25. The maximum atomic E-state index is 3.64. The SMILES string of the molecule is Cc1cc2c(cc1C)[n+]1c(n2Cc2ccc(C(C)(C)C)cc2)NCCC1. The van der Waals surface area contributed by atoms with E-state index < -0.39 is 0 Å². The van der Waals surface area contributed by atoms with Crippen molar-refractivity contribution in [3.63, 3.8) is 0 Å². The number of nitrogens with one attached hydrogen (secondary N) is 1. The largest absolute Gasteiger partial charge is 0.358 e. The maximum Gasteiger partial charge on any atom is 0.358 e. The summed E-state index contributed by atoms with van der Waals surface area (Å²) in [7, 11) is 0. The van der Waals surface area contributed by atoms with Crippen LogP contribution >= 0.6 is 0 Å². The Hall–Kier alpha value is -2.29. The molecule has 1 aliphatic heterocycles. The lowest BCUT2D eigenvalue weighted by Gasteiger charge is -2.19. The van der Waals surface area contributed by atoms with Crippen LogP contribution in [-0.2, 0) is 18.5 Å². The average Bonchev–Trinajstić information content (AvgIpc) is 2.89. The fourth-order valence-corrected chi connectivity index (χ4v) is 3.90. The predicted molar refractivity (Wildman–Crippen MR) is 109 cm³/mol. The number of hydrogen-bond donors (Lipinski definition) is 1. The molecule has 0 radical (unpaired) electrons. The number of hydrogen-bond acceptors (Lipinski definition) is 1. The van der Waals surface area contributed by atoms with Crippen LogP contribution in [0.15, 0.2) is 36.4 Å². The molecule has 1 aliphatic rings. The molecule has 0 saturated carbocycles. The average molecular weight is 349 g/mol. The van der Waals surface area contributed by atoms with Gasteiger partial charge in [0.2, 0.25) is 0 Å². The van der Waals surface area contributed by atoms with E-state index in [1.807, 2.05) is 0 Å². The van der Waals surface area contributed by atoms with Gasteiger partial charge < -0.3 is 0 Å². The van der Waals surface area contributed by atoms with Gasteiger partial charge in [-0.15, -0.1) is 0 Å². The highest BCUT2D eigenvalue weighted by Crippen LogP contribution is 2.26. The topological polar surface area (TPSA) is 20.8 Å². The standard InChI is InChI=1S/C23H29N3/c1-16-13-20-21(14-17(16)2)26(22-24-11-6-12-25(20)22)15-18-7-9-19(10-8-18)23(3,4)5/h7-10,13-14H,6,11-12,15H2,1-5H3/p+1. The molecule has 0 fully saturated rings. The fraction of sp³-hybridized carbons (Fsp3) is 0.435. The molecule has 0 amide bonds. The zero-order chi connectivity index (χ0) is 18.5. The lowest BCUT2D eigenvalue weighted by atomic mass is 9.87. The summed E-state index contributed by atoms with van der Waals surface area (Å²) in [5, 5.41) is 3.64. The van der Waals surface area contributed by atoms with Crippen LogP contribution in [0.2, 0.25) is 0 Å². The quantitative estimate of drug-likeness (QED) is 0.665. The Morgan fingerprint density at radius 1 is 1.04 bits per heavy atom. The van der Waals surface area contributed by atoms with E-state index in [4.69, 9.17) is 0 Å². The third-order valence-electron chi connectivity index (χ3n) is 5.69. The van der Waals surface area contributed by atoms with Crippen LogP contribution in [0.25, 0.3) is 11.0 Å². The Morgan fingerprint density at radius 3 is 2.42 bits per heavy atom. The first-order chi connectivity index (χ1) is 12.3. The van der Waals surface area contributed by atoms with Crippen molar-refractivity contribution >= 4 is 17.0 Å². The molecule has 136 valence electrons. The minimum absolute atomic E-state index is 0.198. The van der Waals surface area contributed by atoms with Crippen LogP contribution in [0.1, 0.15) is 49.4 Å². The predicted octanol–water partition coefficient (Wildman–Crippen LogP) is 4.71. The summed E-state index contributed by atoms with van der Waals surface area (Å²) in [6.07, 6.45) is 1.18. The van der Waals surface area contributed by atoms with Crippen molar-refractivity contribution in [1.82, 2.24) is 4.57 Å². The summed E-state index contributed by atoms with van der Waals surface area (Å²) in [4.78, 5) is 0. The van der Waals surface area contributed by atoms with Crippen molar-refractivity contribution in [1.29, 1.82) is 0 Å². The van der Waals surface area contributed by atoms with Crippen LogP contribution in [0.5, 0.6) is 0 Å². The van der Waals surface area contributed by atoms with E-state index in [1.54, 1.807) is 0 Å². The fourth-order valence-electron chi connectivity index (χ4n) is 3.90. The summed E-state index contributed by atoms with van der Waals surface area (Å²) < 4.78 is 4.90. The molecule has 3 heteroatoms. The van der Waals surface area contributed by atoms with E-state index in [9.17, 15) is 0 Å². The van der Waals surface area contributed by atoms with Crippen LogP contribution in [0, 0.1) is 13.8 Å². The molecule has 0 unspecified atom stereocenters. The van der Waals surface area contributed by atoms with Crippen LogP contribution in [0.4, 0.5) is 5.95 Å². The number of benzene rings is 2. The first-order valence-electron chi connectivity index (χ1n) is 9.71. The van der Waals surface area contributed by atoms with E-state index in [0.717, 1.165) is 19.6 Å². The first-order valence-corrected chi connectivity index (χ1v) is 9.71. The number of imidazole rings is 1. The van der Waals surface area contributed by atoms with E-state index in [1.165, 1.54) is 45.7 Å². The van der Waals surface area contributed by atoms with Crippen LogP contribution in [-0.4, -0.2) is 11.1 Å². The second-order valence-corrected chi connectivity index (χ2v) is 8.71. The zero-order valence-corrected chi connectivity index (χ0v) is 16.7. The molecule has 26 heavy (non-hydrogen) atoms. The van der Waals surface area contributed by atoms with Crippen molar-refractivity contribution in [2.45, 2.75) is 59.5 Å². The Kier molecular flexibility index (Phi) is 4.06. The van der Waals surface area contributed by atoms with E-state index in [-0.39, 0.29) is 5.41 Å². The van der Waals surface area contributed by atoms with Gasteiger partial charge in [-0.3, -0.25) is 5.32 Å². The van der Waals surface area contributed by atoms with Crippen LogP contribution in [0.3, 0.4) is 0 Å². The molecule has 0 atom stereocenters. The minimum atomic E-state index is 0.198. The first kappa shape index (κ1) is 17.1. The monoisotopic (exact) mass is 348 g/mol. The maximum absolute atomic E-state index is 3.64. The van der Waals surface area contributed by atoms with Gasteiger partial charge in [-0.1, -0.05) is 45.0 Å². The van der Waals surface area contributed by atoms with Crippen molar-refractivity contribution in [2.75, 3.05) is 11.9 Å². The number of fused-ring (bicyclic) bond motifs is 3. The van der Waals surface area contributed by atoms with Gasteiger partial charge in [0.25, 0.3) is 0 Å². The molecule has 1 aromatic heterocycles. The van der Waals surface area contributed by atoms with Gasteiger partial charge in [-0.2, -0.15) is 0 Å². The summed E-state index contributed by atoms with van der Waals surface area (Å²) in [6, 6.07) is 13.8. The van der Waals surface area contributed by atoms with Gasteiger partial charge in [0.1, 0.15) is 11.0 Å². The van der Waals surface area contributed by atoms with E-state index in [2.05, 4.69) is 85.5 Å². The summed E-state index contributed by atoms with van der Waals surface area (Å²) in [6.45, 7) is 14.3. The molecular weight excluding hydrogens is 318 g/mol. The van der Waals surface area contributed by atoms with E-state index in [0.29, 0.717) is 0 Å². The molecule has 3 nitrogen and oxygen atoms in total. The molecule has 2 heterocycles. The second-order valence-electron chi connectivity index (χ2n) is 8.71. The van der Waals surface area contributed by atoms with Gasteiger partial charge in [0.05, 0.1) is 19.6 Å². The van der Waals surface area contributed by atoms with Gasteiger partial charge in [-0.05, 0) is 53.6 Å². The molecule has 2 aromatic carbocycles. The van der Waals surface area contributed by atoms with Crippen molar-refractivity contribution in [2.24, 2.45) is 0 Å². The number of anilines is 1. The molecule has 0 aliphatic carbocycles. The zero-order valence-electron chi connectivity index (χ0n) is 16.7. The second kappa shape index (κ2) is 6.15. The highest BCUT2D eigenvalue weighted by molar-refractivity contribution is 5.76. The van der Waals surface area contributed by atoms with Gasteiger partial charge >= 0.3 is 5.95 Å². The normalized spacial score (nSPS) is 14.3. The van der Waals surface area contributed by atoms with Gasteiger partial charge in [-0.25, -0.2) is 9.13 Å². The highest BCUT2D eigenvalue weighted by Gasteiger charge is 2.27. The summed E-state index contributed by atoms with van der Waals surface area (Å²) >= 11 is 0. The Bertz CT molecular complexity index is 956. The molecule has 4 rings (SSSR count). The lowest BCUT2D eigenvalue weighted by molar-refractivity contribution is -0.661. The van der Waals surface area contributed by atoms with E-state index >= 15 is 0 Å². The van der Waals surface area contributed by atoms with Crippen molar-refractivity contribution in [3.05, 3.63) is 58.7 Å².